The van der Waals surface area contributed by atoms with E-state index < -0.39 is 27.2 Å². The molecule has 0 spiro atoms. The molecule has 1 aliphatic carbocycles. The number of allylic oxidation sites excluding steroid dienone is 2. The van der Waals surface area contributed by atoms with Crippen molar-refractivity contribution in [1.82, 2.24) is 0 Å². The van der Waals surface area contributed by atoms with E-state index in [0.717, 1.165) is 32.1 Å². The van der Waals surface area contributed by atoms with Crippen molar-refractivity contribution in [3.05, 3.63) is 53.5 Å². The van der Waals surface area contributed by atoms with Gasteiger partial charge in [-0.15, -0.1) is 0 Å². The number of ether oxygens (including phenoxy) is 1. The summed E-state index contributed by atoms with van der Waals surface area (Å²) in [6.45, 7) is 3.12. The predicted molar refractivity (Wildman–Crippen MR) is 174 cm³/mol. The van der Waals surface area contributed by atoms with E-state index in [1.54, 1.807) is 18.2 Å². The molecule has 0 radical (unpaired) electrons. The van der Waals surface area contributed by atoms with Gasteiger partial charge in [-0.25, -0.2) is 8.42 Å². The van der Waals surface area contributed by atoms with Crippen LogP contribution in [0, 0.1) is 0 Å². The van der Waals surface area contributed by atoms with Gasteiger partial charge < -0.3 is 9.84 Å². The van der Waals surface area contributed by atoms with Gasteiger partial charge in [0.05, 0.1) is 11.0 Å². The maximum absolute atomic E-state index is 13.5. The van der Waals surface area contributed by atoms with Crippen LogP contribution < -0.4 is 0 Å². The Bertz CT molecular complexity index is 1110. The number of Topliss-reactive ketones (excluding diaryl/α,β-unsaturated/α-hetero) is 1. The van der Waals surface area contributed by atoms with E-state index in [9.17, 15) is 23.1 Å². The standard InChI is InChI=1S/C36H56O6S/c1-31(37)25-20-17-15-13-11-9-7-5-3-4-6-8-10-12-14-16-18-23-29-36(42-32(2)38)30-24-28-34(35(36)39)43(40,41)33-26-21-19-22-27-33/h19,21-22,24,26-28,30-31,37H,3-18,20,23,25,29H2,1-2H3. The highest BCUT2D eigenvalue weighted by molar-refractivity contribution is 7.96. The summed E-state index contributed by atoms with van der Waals surface area (Å²) in [6, 6.07) is 7.87. The first-order valence-corrected chi connectivity index (χ1v) is 18.3. The topological polar surface area (TPSA) is 97.7 Å². The molecule has 0 amide bonds. The molecule has 2 rings (SSSR count). The zero-order chi connectivity index (χ0) is 31.4. The minimum Gasteiger partial charge on any atom is -0.446 e. The molecular weight excluding hydrogens is 560 g/mol. The van der Waals surface area contributed by atoms with Gasteiger partial charge in [-0.1, -0.05) is 133 Å². The second-order valence-electron chi connectivity index (χ2n) is 12.3. The highest BCUT2D eigenvalue weighted by Gasteiger charge is 2.45. The molecule has 6 nitrogen and oxygen atoms in total. The molecule has 0 bridgehead atoms. The molecule has 0 aliphatic heterocycles. The Hall–Kier alpha value is -2.25. The van der Waals surface area contributed by atoms with E-state index in [4.69, 9.17) is 4.74 Å². The monoisotopic (exact) mass is 616 g/mol. The van der Waals surface area contributed by atoms with Gasteiger partial charge in [-0.2, -0.15) is 0 Å². The number of hydrogen-bond donors (Lipinski definition) is 1. The third-order valence-corrected chi connectivity index (χ3v) is 10.1. The lowest BCUT2D eigenvalue weighted by atomic mass is 9.87. The first-order chi connectivity index (χ1) is 20.7. The van der Waals surface area contributed by atoms with Crippen molar-refractivity contribution in [3.63, 3.8) is 0 Å². The molecule has 2 atom stereocenters. The van der Waals surface area contributed by atoms with E-state index in [1.807, 2.05) is 6.92 Å². The maximum Gasteiger partial charge on any atom is 0.303 e. The van der Waals surface area contributed by atoms with Crippen molar-refractivity contribution >= 4 is 21.6 Å². The smallest absolute Gasteiger partial charge is 0.303 e. The third-order valence-electron chi connectivity index (χ3n) is 8.31. The number of aliphatic hydroxyl groups excluding tert-OH is 1. The van der Waals surface area contributed by atoms with Gasteiger partial charge in [0.15, 0.2) is 5.60 Å². The molecule has 0 heterocycles. The van der Waals surface area contributed by atoms with Crippen LogP contribution in [-0.4, -0.2) is 37.0 Å². The van der Waals surface area contributed by atoms with Crippen molar-refractivity contribution in [1.29, 1.82) is 0 Å². The van der Waals surface area contributed by atoms with Crippen molar-refractivity contribution < 1.29 is 27.9 Å². The van der Waals surface area contributed by atoms with Crippen LogP contribution >= 0.6 is 0 Å². The predicted octanol–water partition coefficient (Wildman–Crippen LogP) is 8.97. The number of sulfone groups is 1. The molecule has 2 unspecified atom stereocenters. The van der Waals surface area contributed by atoms with Gasteiger partial charge in [-0.3, -0.25) is 9.59 Å². The van der Waals surface area contributed by atoms with E-state index >= 15 is 0 Å². The van der Waals surface area contributed by atoms with Crippen LogP contribution in [0.4, 0.5) is 0 Å². The molecule has 1 aromatic rings. The summed E-state index contributed by atoms with van der Waals surface area (Å²) in [6.07, 6.45) is 27.3. The molecule has 1 aromatic carbocycles. The van der Waals surface area contributed by atoms with Crippen molar-refractivity contribution in [2.45, 2.75) is 159 Å². The fraction of sp³-hybridized carbons (Fsp3) is 0.667. The van der Waals surface area contributed by atoms with Gasteiger partial charge in [0.1, 0.15) is 4.91 Å². The number of rotatable bonds is 24. The Morgan fingerprint density at radius 1 is 0.767 bits per heavy atom. The van der Waals surface area contributed by atoms with Crippen LogP contribution in [0.25, 0.3) is 0 Å². The van der Waals surface area contributed by atoms with Gasteiger partial charge >= 0.3 is 5.97 Å². The number of ketones is 1. The highest BCUT2D eigenvalue weighted by atomic mass is 32.2. The SMILES string of the molecule is CC(=O)OC1(CCCCCCCCCCCCCCCCCCCCC(C)O)C=CC=C(S(=O)(=O)c2ccccc2)C1=O. The summed E-state index contributed by atoms with van der Waals surface area (Å²) in [5.74, 6) is -1.28. The summed E-state index contributed by atoms with van der Waals surface area (Å²) in [7, 11) is -4.02. The van der Waals surface area contributed by atoms with Crippen LogP contribution in [0.2, 0.25) is 0 Å². The maximum atomic E-state index is 13.5. The van der Waals surface area contributed by atoms with Gasteiger partial charge in [0.25, 0.3) is 0 Å². The minimum absolute atomic E-state index is 0.0456. The quantitative estimate of drug-likeness (QED) is 0.0920. The Morgan fingerprint density at radius 2 is 1.21 bits per heavy atom. The van der Waals surface area contributed by atoms with E-state index in [0.29, 0.717) is 6.42 Å². The van der Waals surface area contributed by atoms with E-state index in [1.165, 1.54) is 121 Å². The Morgan fingerprint density at radius 3 is 1.65 bits per heavy atom. The first-order valence-electron chi connectivity index (χ1n) is 16.8. The summed E-state index contributed by atoms with van der Waals surface area (Å²) in [5, 5.41) is 9.28. The summed E-state index contributed by atoms with van der Waals surface area (Å²) < 4.78 is 31.8. The third kappa shape index (κ3) is 13.9. The lowest BCUT2D eigenvalue weighted by Crippen LogP contribution is -2.44. The van der Waals surface area contributed by atoms with Crippen molar-refractivity contribution in [3.8, 4) is 0 Å². The lowest BCUT2D eigenvalue weighted by Gasteiger charge is -2.31. The fourth-order valence-corrected chi connectivity index (χ4v) is 7.27. The number of aliphatic hydroxyl groups is 1. The normalized spacial score (nSPS) is 17.6. The average Bonchev–Trinajstić information content (AvgIpc) is 2.97. The fourth-order valence-electron chi connectivity index (χ4n) is 5.83. The number of esters is 1. The molecule has 43 heavy (non-hydrogen) atoms. The van der Waals surface area contributed by atoms with Gasteiger partial charge in [0.2, 0.25) is 15.6 Å². The van der Waals surface area contributed by atoms with Crippen LogP contribution in [-0.2, 0) is 24.2 Å². The summed E-state index contributed by atoms with van der Waals surface area (Å²) >= 11 is 0. The average molecular weight is 617 g/mol. The summed E-state index contributed by atoms with van der Waals surface area (Å²) in [4.78, 5) is 25.1. The second kappa shape index (κ2) is 20.7. The first kappa shape index (κ1) is 36.9. The second-order valence-corrected chi connectivity index (χ2v) is 14.2. The molecule has 0 saturated carbocycles. The van der Waals surface area contributed by atoms with E-state index in [-0.39, 0.29) is 22.3 Å². The van der Waals surface area contributed by atoms with Gasteiger partial charge in [-0.05, 0) is 50.5 Å². The van der Waals surface area contributed by atoms with E-state index in [2.05, 4.69) is 0 Å². The number of carbonyl (C=O) groups is 2. The summed E-state index contributed by atoms with van der Waals surface area (Å²) in [5.41, 5.74) is -1.57. The molecule has 0 aromatic heterocycles. The Kier molecular flexibility index (Phi) is 17.7. The molecule has 0 saturated heterocycles. The van der Waals surface area contributed by atoms with Gasteiger partial charge in [0, 0.05) is 6.92 Å². The largest absolute Gasteiger partial charge is 0.446 e. The van der Waals surface area contributed by atoms with Crippen molar-refractivity contribution in [2.24, 2.45) is 0 Å². The van der Waals surface area contributed by atoms with Crippen LogP contribution in [0.3, 0.4) is 0 Å². The molecule has 1 N–H and O–H groups in total. The van der Waals surface area contributed by atoms with Crippen LogP contribution in [0.15, 0.2) is 58.4 Å². The number of carbonyl (C=O) groups excluding carboxylic acids is 2. The zero-order valence-electron chi connectivity index (χ0n) is 26.7. The van der Waals surface area contributed by atoms with Crippen molar-refractivity contribution in [2.75, 3.05) is 0 Å². The highest BCUT2D eigenvalue weighted by Crippen LogP contribution is 2.34. The number of benzene rings is 1. The van der Waals surface area contributed by atoms with Crippen LogP contribution in [0.1, 0.15) is 142 Å². The molecule has 242 valence electrons. The lowest BCUT2D eigenvalue weighted by molar-refractivity contribution is -0.159. The minimum atomic E-state index is -4.02. The van der Waals surface area contributed by atoms with Crippen LogP contribution in [0.5, 0.6) is 0 Å². The number of hydrogen-bond acceptors (Lipinski definition) is 6. The molecule has 0 fully saturated rings. The Labute approximate surface area is 261 Å². The molecule has 7 heteroatoms. The molecule has 1 aliphatic rings. The molecular formula is C36H56O6S. The number of unbranched alkanes of at least 4 members (excludes halogenated alkanes) is 17. The Balaban J connectivity index is 1.56. The zero-order valence-corrected chi connectivity index (χ0v) is 27.6.